The molecule has 0 aromatic rings. The van der Waals surface area contributed by atoms with E-state index in [1.54, 1.807) is 20.8 Å². The van der Waals surface area contributed by atoms with Crippen molar-refractivity contribution < 1.29 is 13.6 Å². The van der Waals surface area contributed by atoms with E-state index in [9.17, 15) is 13.6 Å². The van der Waals surface area contributed by atoms with Crippen LogP contribution in [-0.4, -0.2) is 18.4 Å². The van der Waals surface area contributed by atoms with Crippen molar-refractivity contribution in [1.82, 2.24) is 5.32 Å². The molecule has 0 bridgehead atoms. The lowest BCUT2D eigenvalue weighted by molar-refractivity contribution is -0.121. The summed E-state index contributed by atoms with van der Waals surface area (Å²) in [6.45, 7) is 11.5. The maximum absolute atomic E-state index is 13.7. The first-order valence-corrected chi connectivity index (χ1v) is 7.50. The molecule has 20 heavy (non-hydrogen) atoms. The Labute approximate surface area is 122 Å². The molecule has 0 spiro atoms. The second-order valence-corrected chi connectivity index (χ2v) is 7.85. The van der Waals surface area contributed by atoms with Crippen LogP contribution >= 0.6 is 0 Å². The van der Waals surface area contributed by atoms with Crippen molar-refractivity contribution in [3.05, 3.63) is 0 Å². The molecule has 120 valence electrons. The van der Waals surface area contributed by atoms with Crippen LogP contribution in [0.5, 0.6) is 0 Å². The third kappa shape index (κ3) is 8.49. The quantitative estimate of drug-likeness (QED) is 0.672. The van der Waals surface area contributed by atoms with E-state index < -0.39 is 11.3 Å². The summed E-state index contributed by atoms with van der Waals surface area (Å²) in [5.41, 5.74) is -0.915. The molecule has 0 fully saturated rings. The van der Waals surface area contributed by atoms with Gasteiger partial charge in [0.05, 0.1) is 0 Å². The minimum absolute atomic E-state index is 0.0162. The summed E-state index contributed by atoms with van der Waals surface area (Å²) >= 11 is 0. The van der Waals surface area contributed by atoms with Gasteiger partial charge in [0.25, 0.3) is 5.92 Å². The third-order valence-corrected chi connectivity index (χ3v) is 3.31. The van der Waals surface area contributed by atoms with Gasteiger partial charge in [-0.15, -0.1) is 0 Å². The van der Waals surface area contributed by atoms with Gasteiger partial charge in [0, 0.05) is 24.8 Å². The maximum Gasteiger partial charge on any atom is 0.252 e. The largest absolute Gasteiger partial charge is 0.356 e. The summed E-state index contributed by atoms with van der Waals surface area (Å²) in [4.78, 5) is 11.5. The van der Waals surface area contributed by atoms with E-state index in [0.717, 1.165) is 0 Å². The van der Waals surface area contributed by atoms with Crippen molar-refractivity contribution in [3.8, 4) is 0 Å². The molecule has 0 aromatic heterocycles. The first kappa shape index (κ1) is 19.3. The average molecular weight is 291 g/mol. The summed E-state index contributed by atoms with van der Waals surface area (Å²) in [5, 5.41) is 2.87. The van der Waals surface area contributed by atoms with Gasteiger partial charge in [-0.3, -0.25) is 4.79 Å². The Morgan fingerprint density at radius 2 is 1.50 bits per heavy atom. The normalized spacial score (nSPS) is 13.4. The standard InChI is InChI=1S/C16H31F2NO/c1-14(2,3)12-19-13(20)10-8-7-9-11-16(17,18)15(4,5)6/h7-12H2,1-6H3,(H,19,20). The van der Waals surface area contributed by atoms with Crippen molar-refractivity contribution in [2.75, 3.05) is 6.54 Å². The minimum atomic E-state index is -2.64. The molecule has 1 amide bonds. The fraction of sp³-hybridized carbons (Fsp3) is 0.938. The molecule has 0 atom stereocenters. The van der Waals surface area contributed by atoms with Crippen LogP contribution in [0.4, 0.5) is 8.78 Å². The molecular formula is C16H31F2NO. The highest BCUT2D eigenvalue weighted by Crippen LogP contribution is 2.39. The number of halogens is 2. The molecule has 0 saturated heterocycles. The van der Waals surface area contributed by atoms with Crippen LogP contribution in [0.15, 0.2) is 0 Å². The molecule has 0 saturated carbocycles. The van der Waals surface area contributed by atoms with Gasteiger partial charge in [-0.05, 0) is 18.3 Å². The van der Waals surface area contributed by atoms with E-state index in [4.69, 9.17) is 0 Å². The van der Waals surface area contributed by atoms with Gasteiger partial charge in [0.15, 0.2) is 0 Å². The van der Waals surface area contributed by atoms with Gasteiger partial charge < -0.3 is 5.32 Å². The first-order chi connectivity index (χ1) is 8.85. The van der Waals surface area contributed by atoms with Crippen molar-refractivity contribution in [2.45, 2.75) is 79.6 Å². The molecule has 0 aliphatic heterocycles. The fourth-order valence-electron chi connectivity index (χ4n) is 1.64. The molecule has 2 nitrogen and oxygen atoms in total. The Morgan fingerprint density at radius 3 is 1.95 bits per heavy atom. The first-order valence-electron chi connectivity index (χ1n) is 7.50. The second kappa shape index (κ2) is 7.37. The van der Waals surface area contributed by atoms with E-state index in [2.05, 4.69) is 26.1 Å². The lowest BCUT2D eigenvalue weighted by Gasteiger charge is -2.30. The molecule has 0 radical (unpaired) electrons. The van der Waals surface area contributed by atoms with Crippen LogP contribution in [0.1, 0.15) is 73.6 Å². The van der Waals surface area contributed by atoms with Crippen molar-refractivity contribution in [2.24, 2.45) is 10.8 Å². The van der Waals surface area contributed by atoms with E-state index in [-0.39, 0.29) is 17.7 Å². The predicted molar refractivity (Wildman–Crippen MR) is 80.0 cm³/mol. The molecule has 0 rings (SSSR count). The second-order valence-electron chi connectivity index (χ2n) is 7.85. The van der Waals surface area contributed by atoms with Crippen LogP contribution in [0.3, 0.4) is 0 Å². The van der Waals surface area contributed by atoms with Crippen LogP contribution in [0.2, 0.25) is 0 Å². The molecule has 0 aromatic carbocycles. The van der Waals surface area contributed by atoms with E-state index >= 15 is 0 Å². The van der Waals surface area contributed by atoms with Crippen molar-refractivity contribution in [1.29, 1.82) is 0 Å². The Kier molecular flexibility index (Phi) is 7.12. The number of unbranched alkanes of at least 4 members (excludes halogenated alkanes) is 2. The Morgan fingerprint density at radius 1 is 0.950 bits per heavy atom. The van der Waals surface area contributed by atoms with Gasteiger partial charge in [-0.2, -0.15) is 0 Å². The monoisotopic (exact) mass is 291 g/mol. The summed E-state index contributed by atoms with van der Waals surface area (Å²) in [7, 11) is 0. The average Bonchev–Trinajstić information content (AvgIpc) is 2.23. The van der Waals surface area contributed by atoms with E-state index in [1.807, 2.05) is 0 Å². The van der Waals surface area contributed by atoms with Crippen LogP contribution in [0, 0.1) is 10.8 Å². The lowest BCUT2D eigenvalue weighted by Crippen LogP contribution is -2.33. The summed E-state index contributed by atoms with van der Waals surface area (Å²) in [5.74, 6) is -2.62. The van der Waals surface area contributed by atoms with Crippen molar-refractivity contribution >= 4 is 5.91 Å². The smallest absolute Gasteiger partial charge is 0.252 e. The zero-order chi connectivity index (χ0) is 16.0. The number of amides is 1. The zero-order valence-electron chi connectivity index (χ0n) is 13.9. The topological polar surface area (TPSA) is 29.1 Å². The van der Waals surface area contributed by atoms with Gasteiger partial charge in [-0.25, -0.2) is 8.78 Å². The SMILES string of the molecule is CC(C)(C)CNC(=O)CCCCCC(F)(F)C(C)(C)C. The summed E-state index contributed by atoms with van der Waals surface area (Å²) in [6, 6.07) is 0. The number of hydrogen-bond donors (Lipinski definition) is 1. The van der Waals surface area contributed by atoms with Crippen LogP contribution in [0.25, 0.3) is 0 Å². The number of hydrogen-bond acceptors (Lipinski definition) is 1. The number of alkyl halides is 2. The van der Waals surface area contributed by atoms with Gasteiger partial charge in [0.1, 0.15) is 0 Å². The molecule has 4 heteroatoms. The lowest BCUT2D eigenvalue weighted by atomic mass is 9.85. The fourth-order valence-corrected chi connectivity index (χ4v) is 1.64. The molecule has 0 aliphatic carbocycles. The van der Waals surface area contributed by atoms with Crippen LogP contribution < -0.4 is 5.32 Å². The van der Waals surface area contributed by atoms with Crippen LogP contribution in [-0.2, 0) is 4.79 Å². The molecular weight excluding hydrogens is 260 g/mol. The van der Waals surface area contributed by atoms with Gasteiger partial charge in [0.2, 0.25) is 5.91 Å². The molecule has 1 N–H and O–H groups in total. The van der Waals surface area contributed by atoms with E-state index in [0.29, 0.717) is 32.2 Å². The molecule has 0 unspecified atom stereocenters. The van der Waals surface area contributed by atoms with Gasteiger partial charge in [-0.1, -0.05) is 48.0 Å². The highest BCUT2D eigenvalue weighted by atomic mass is 19.3. The number of carbonyl (C=O) groups excluding carboxylic acids is 1. The molecule has 0 aliphatic rings. The number of rotatable bonds is 7. The maximum atomic E-state index is 13.7. The highest BCUT2D eigenvalue weighted by molar-refractivity contribution is 5.75. The third-order valence-electron chi connectivity index (χ3n) is 3.31. The van der Waals surface area contributed by atoms with Gasteiger partial charge >= 0.3 is 0 Å². The predicted octanol–water partition coefficient (Wildman–Crippen LogP) is 4.78. The summed E-state index contributed by atoms with van der Waals surface area (Å²) < 4.78 is 27.4. The Hall–Kier alpha value is -0.670. The number of nitrogens with one attached hydrogen (secondary N) is 1. The van der Waals surface area contributed by atoms with Crippen molar-refractivity contribution in [3.63, 3.8) is 0 Å². The number of carbonyl (C=O) groups is 1. The zero-order valence-corrected chi connectivity index (χ0v) is 13.9. The summed E-state index contributed by atoms with van der Waals surface area (Å²) in [6.07, 6.45) is 2.15. The Bertz CT molecular complexity index is 301. The highest BCUT2D eigenvalue weighted by Gasteiger charge is 2.41. The van der Waals surface area contributed by atoms with E-state index in [1.165, 1.54) is 0 Å². The Balaban J connectivity index is 3.75. The molecule has 0 heterocycles. The minimum Gasteiger partial charge on any atom is -0.356 e.